The molecule has 5 heteroatoms. The summed E-state index contributed by atoms with van der Waals surface area (Å²) in [5.74, 6) is 0.554. The van der Waals surface area contributed by atoms with Crippen LogP contribution in [0.4, 0.5) is 5.69 Å². The number of rotatable bonds is 6. The van der Waals surface area contributed by atoms with Gasteiger partial charge in [0.05, 0.1) is 19.8 Å². The predicted octanol–water partition coefficient (Wildman–Crippen LogP) is 3.56. The summed E-state index contributed by atoms with van der Waals surface area (Å²) in [6.07, 6.45) is 0. The van der Waals surface area contributed by atoms with Crippen molar-refractivity contribution >= 4 is 33.5 Å². The Morgan fingerprint density at radius 1 is 1.03 bits per heavy atom. The Hall–Kier alpha value is -3.31. The molecule has 1 heterocycles. The molecule has 2 N–H and O–H groups in total. The second-order valence-corrected chi connectivity index (χ2v) is 7.43. The Kier molecular flexibility index (Phi) is 5.23. The molecule has 0 radical (unpaired) electrons. The molecule has 0 aliphatic rings. The maximum Gasteiger partial charge on any atom is 0.279 e. The minimum atomic E-state index is -0.0650. The van der Waals surface area contributed by atoms with Gasteiger partial charge in [-0.05, 0) is 24.6 Å². The highest BCUT2D eigenvalue weighted by molar-refractivity contribution is 6.07. The number of benzene rings is 3. The van der Waals surface area contributed by atoms with Crippen LogP contribution in [0, 0.1) is 6.92 Å². The van der Waals surface area contributed by atoms with Crippen molar-refractivity contribution in [1.82, 2.24) is 0 Å². The summed E-state index contributed by atoms with van der Waals surface area (Å²) in [7, 11) is 3.63. The fourth-order valence-corrected chi connectivity index (χ4v) is 3.68. The number of para-hydroxylation sites is 1. The van der Waals surface area contributed by atoms with Gasteiger partial charge >= 0.3 is 0 Å². The Morgan fingerprint density at radius 2 is 1.79 bits per heavy atom. The van der Waals surface area contributed by atoms with Crippen molar-refractivity contribution in [3.05, 3.63) is 71.8 Å². The first-order valence-electron chi connectivity index (χ1n) is 9.70. The molecule has 29 heavy (non-hydrogen) atoms. The van der Waals surface area contributed by atoms with Crippen molar-refractivity contribution < 1.29 is 18.8 Å². The van der Waals surface area contributed by atoms with Crippen LogP contribution in [0.3, 0.4) is 0 Å². The van der Waals surface area contributed by atoms with E-state index in [0.29, 0.717) is 18.0 Å². The topological polar surface area (TPSA) is 55.9 Å². The number of ether oxygens (including phenoxy) is 1. The molecule has 0 aliphatic heterocycles. The van der Waals surface area contributed by atoms with E-state index < -0.39 is 0 Å². The number of hydrogen-bond donors (Lipinski definition) is 2. The molecule has 1 aromatic heterocycles. The molecule has 0 spiro atoms. The number of carbonyl (C=O) groups is 1. The van der Waals surface area contributed by atoms with Crippen LogP contribution < -0.4 is 15.0 Å². The molecule has 1 amide bonds. The zero-order valence-corrected chi connectivity index (χ0v) is 16.9. The van der Waals surface area contributed by atoms with Gasteiger partial charge in [-0.1, -0.05) is 42.5 Å². The Bertz CT molecular complexity index is 1180. The molecule has 4 rings (SSSR count). The first-order valence-corrected chi connectivity index (χ1v) is 9.70. The van der Waals surface area contributed by atoms with E-state index in [9.17, 15) is 4.79 Å². The van der Waals surface area contributed by atoms with Crippen molar-refractivity contribution in [2.75, 3.05) is 26.0 Å². The Labute approximate surface area is 169 Å². The maximum atomic E-state index is 12.7. The molecule has 3 aromatic carbocycles. The van der Waals surface area contributed by atoms with Gasteiger partial charge in [-0.15, -0.1) is 0 Å². The van der Waals surface area contributed by atoms with Gasteiger partial charge < -0.3 is 19.4 Å². The smallest absolute Gasteiger partial charge is 0.279 e. The van der Waals surface area contributed by atoms with Crippen LogP contribution in [-0.4, -0.2) is 26.6 Å². The van der Waals surface area contributed by atoms with Gasteiger partial charge in [0.2, 0.25) is 0 Å². The van der Waals surface area contributed by atoms with E-state index in [0.717, 1.165) is 33.4 Å². The first-order chi connectivity index (χ1) is 14.0. The van der Waals surface area contributed by atoms with E-state index >= 15 is 0 Å². The molecule has 0 aliphatic carbocycles. The lowest BCUT2D eigenvalue weighted by Gasteiger charge is -2.16. The number of methoxy groups -OCH3 is 1. The number of furan rings is 1. The van der Waals surface area contributed by atoms with Crippen molar-refractivity contribution in [1.29, 1.82) is 0 Å². The Morgan fingerprint density at radius 3 is 2.59 bits per heavy atom. The molecule has 1 unspecified atom stereocenters. The fraction of sp³-hybridized carbons (Fsp3) is 0.208. The average Bonchev–Trinajstić information content (AvgIpc) is 3.06. The zero-order chi connectivity index (χ0) is 20.4. The second-order valence-electron chi connectivity index (χ2n) is 7.43. The van der Waals surface area contributed by atoms with Crippen LogP contribution in [0.2, 0.25) is 0 Å². The van der Waals surface area contributed by atoms with Gasteiger partial charge in [-0.2, -0.15) is 0 Å². The van der Waals surface area contributed by atoms with Crippen LogP contribution in [0.25, 0.3) is 21.9 Å². The lowest BCUT2D eigenvalue weighted by atomic mass is 10.1. The van der Waals surface area contributed by atoms with Crippen molar-refractivity contribution in [3.8, 4) is 5.75 Å². The van der Waals surface area contributed by atoms with Gasteiger partial charge in [-0.25, -0.2) is 0 Å². The SMILES string of the molecule is COc1cc2c(cc1NC(=O)C[NH+](C)Cc1ccccc1C)oc1ccccc12. The van der Waals surface area contributed by atoms with Crippen molar-refractivity contribution in [3.63, 3.8) is 0 Å². The van der Waals surface area contributed by atoms with Gasteiger partial charge in [0, 0.05) is 22.4 Å². The van der Waals surface area contributed by atoms with Gasteiger partial charge in [0.15, 0.2) is 6.54 Å². The number of quaternary nitrogens is 1. The van der Waals surface area contributed by atoms with E-state index in [1.165, 1.54) is 11.1 Å². The summed E-state index contributed by atoms with van der Waals surface area (Å²) in [6.45, 7) is 3.24. The van der Waals surface area contributed by atoms with E-state index in [-0.39, 0.29) is 5.91 Å². The number of aryl methyl sites for hydroxylation is 1. The molecular weight excluding hydrogens is 364 g/mol. The predicted molar refractivity (Wildman–Crippen MR) is 116 cm³/mol. The summed E-state index contributed by atoms with van der Waals surface area (Å²) >= 11 is 0. The number of anilines is 1. The molecule has 148 valence electrons. The largest absolute Gasteiger partial charge is 0.495 e. The normalized spacial score (nSPS) is 12.2. The molecule has 4 aromatic rings. The summed E-state index contributed by atoms with van der Waals surface area (Å²) in [5, 5.41) is 4.98. The molecule has 1 atom stereocenters. The number of carbonyl (C=O) groups excluding carboxylic acids is 1. The number of likely N-dealkylation sites (N-methyl/N-ethyl adjacent to an activating group) is 1. The lowest BCUT2D eigenvalue weighted by molar-refractivity contribution is -0.885. The first kappa shape index (κ1) is 19.0. The molecule has 0 saturated heterocycles. The molecular formula is C24H25N2O3+. The third kappa shape index (κ3) is 3.96. The highest BCUT2D eigenvalue weighted by Gasteiger charge is 2.16. The average molecular weight is 389 g/mol. The van der Waals surface area contributed by atoms with E-state index in [4.69, 9.17) is 9.15 Å². The van der Waals surface area contributed by atoms with E-state index in [1.807, 2.05) is 55.6 Å². The third-order valence-electron chi connectivity index (χ3n) is 5.19. The van der Waals surface area contributed by atoms with Gasteiger partial charge in [0.1, 0.15) is 23.5 Å². The number of fused-ring (bicyclic) bond motifs is 3. The number of amides is 1. The highest BCUT2D eigenvalue weighted by atomic mass is 16.5. The van der Waals surface area contributed by atoms with Crippen LogP contribution in [0.1, 0.15) is 11.1 Å². The number of hydrogen-bond acceptors (Lipinski definition) is 3. The monoisotopic (exact) mass is 389 g/mol. The minimum Gasteiger partial charge on any atom is -0.495 e. The minimum absolute atomic E-state index is 0.0650. The number of nitrogens with one attached hydrogen (secondary N) is 2. The third-order valence-corrected chi connectivity index (χ3v) is 5.19. The molecule has 0 bridgehead atoms. The highest BCUT2D eigenvalue weighted by Crippen LogP contribution is 2.36. The standard InChI is InChI=1S/C24H24N2O3/c1-16-8-4-5-9-17(16)14-26(2)15-24(27)25-20-13-22-19(12-23(20)28-3)18-10-6-7-11-21(18)29-22/h4-13H,14-15H2,1-3H3,(H,25,27)/p+1. The quantitative estimate of drug-likeness (QED) is 0.530. The summed E-state index contributed by atoms with van der Waals surface area (Å²) in [6, 6.07) is 19.9. The van der Waals surface area contributed by atoms with Crippen molar-refractivity contribution in [2.45, 2.75) is 13.5 Å². The van der Waals surface area contributed by atoms with Crippen LogP contribution in [0.5, 0.6) is 5.75 Å². The van der Waals surface area contributed by atoms with Crippen LogP contribution >= 0.6 is 0 Å². The molecule has 5 nitrogen and oxygen atoms in total. The van der Waals surface area contributed by atoms with Gasteiger partial charge in [0.25, 0.3) is 5.91 Å². The summed E-state index contributed by atoms with van der Waals surface area (Å²) < 4.78 is 11.5. The van der Waals surface area contributed by atoms with Crippen LogP contribution in [-0.2, 0) is 11.3 Å². The Balaban J connectivity index is 1.52. The summed E-state index contributed by atoms with van der Waals surface area (Å²) in [4.78, 5) is 13.8. The lowest BCUT2D eigenvalue weighted by Crippen LogP contribution is -3.08. The second kappa shape index (κ2) is 7.97. The molecule has 0 fully saturated rings. The fourth-order valence-electron chi connectivity index (χ4n) is 3.68. The van der Waals surface area contributed by atoms with E-state index in [2.05, 4.69) is 24.4 Å². The molecule has 0 saturated carbocycles. The van der Waals surface area contributed by atoms with E-state index in [1.54, 1.807) is 7.11 Å². The van der Waals surface area contributed by atoms with Gasteiger partial charge in [-0.3, -0.25) is 4.79 Å². The van der Waals surface area contributed by atoms with Crippen molar-refractivity contribution in [2.24, 2.45) is 0 Å². The maximum absolute atomic E-state index is 12.7. The summed E-state index contributed by atoms with van der Waals surface area (Å²) in [5.41, 5.74) is 4.65. The zero-order valence-electron chi connectivity index (χ0n) is 16.9. The van der Waals surface area contributed by atoms with Crippen LogP contribution in [0.15, 0.2) is 65.1 Å².